The SMILES string of the molecule is CC(C)(C)OC(=O)NC[C@@H]1CCCCN1C(=O)C1[C@H]2CCC[C@@H]12. The van der Waals surface area contributed by atoms with Crippen molar-refractivity contribution in [2.24, 2.45) is 17.8 Å². The van der Waals surface area contributed by atoms with E-state index in [1.807, 2.05) is 25.7 Å². The second-order valence-electron chi connectivity index (χ2n) is 8.35. The van der Waals surface area contributed by atoms with E-state index in [0.717, 1.165) is 25.8 Å². The molecular formula is C18H30N2O3. The van der Waals surface area contributed by atoms with Gasteiger partial charge in [0.25, 0.3) is 0 Å². The highest BCUT2D eigenvalue weighted by molar-refractivity contribution is 5.83. The Morgan fingerprint density at radius 1 is 1.09 bits per heavy atom. The van der Waals surface area contributed by atoms with Crippen LogP contribution in [-0.4, -0.2) is 41.6 Å². The lowest BCUT2D eigenvalue weighted by Gasteiger charge is -2.36. The van der Waals surface area contributed by atoms with Gasteiger partial charge >= 0.3 is 6.09 Å². The fourth-order valence-electron chi connectivity index (χ4n) is 4.40. The average Bonchev–Trinajstić information content (AvgIpc) is 2.95. The minimum atomic E-state index is -0.488. The Balaban J connectivity index is 1.52. The highest BCUT2D eigenvalue weighted by Crippen LogP contribution is 2.58. The van der Waals surface area contributed by atoms with E-state index in [1.54, 1.807) is 0 Å². The van der Waals surface area contributed by atoms with E-state index in [-0.39, 0.29) is 12.0 Å². The first-order valence-corrected chi connectivity index (χ1v) is 9.14. The summed E-state index contributed by atoms with van der Waals surface area (Å²) in [5.41, 5.74) is -0.488. The molecule has 2 amide bonds. The highest BCUT2D eigenvalue weighted by Gasteiger charge is 2.57. The van der Waals surface area contributed by atoms with Crippen LogP contribution in [0.2, 0.25) is 0 Å². The molecule has 3 aliphatic rings. The molecule has 2 saturated carbocycles. The zero-order chi connectivity index (χ0) is 16.6. The topological polar surface area (TPSA) is 58.6 Å². The zero-order valence-corrected chi connectivity index (χ0v) is 14.6. The molecule has 0 aromatic rings. The molecule has 4 atom stereocenters. The number of likely N-dealkylation sites (tertiary alicyclic amines) is 1. The molecule has 3 rings (SSSR count). The molecule has 23 heavy (non-hydrogen) atoms. The molecule has 1 saturated heterocycles. The normalized spacial score (nSPS) is 33.1. The van der Waals surface area contributed by atoms with Gasteiger partial charge in [-0.15, -0.1) is 0 Å². The molecule has 2 aliphatic carbocycles. The molecule has 0 aromatic carbocycles. The molecule has 1 N–H and O–H groups in total. The van der Waals surface area contributed by atoms with Crippen molar-refractivity contribution in [1.82, 2.24) is 10.2 Å². The number of alkyl carbamates (subject to hydrolysis) is 1. The van der Waals surface area contributed by atoms with Crippen molar-refractivity contribution < 1.29 is 14.3 Å². The quantitative estimate of drug-likeness (QED) is 0.869. The second kappa shape index (κ2) is 6.33. The van der Waals surface area contributed by atoms with Crippen LogP contribution in [0.1, 0.15) is 59.3 Å². The Labute approximate surface area is 139 Å². The van der Waals surface area contributed by atoms with Gasteiger partial charge in [0, 0.05) is 25.0 Å². The molecule has 0 spiro atoms. The third-order valence-corrected chi connectivity index (χ3v) is 5.48. The summed E-state index contributed by atoms with van der Waals surface area (Å²) in [6.45, 7) is 6.91. The van der Waals surface area contributed by atoms with Crippen LogP contribution in [0, 0.1) is 17.8 Å². The average molecular weight is 322 g/mol. The van der Waals surface area contributed by atoms with Crippen LogP contribution < -0.4 is 5.32 Å². The summed E-state index contributed by atoms with van der Waals surface area (Å²) >= 11 is 0. The van der Waals surface area contributed by atoms with Crippen molar-refractivity contribution in [1.29, 1.82) is 0 Å². The molecule has 1 heterocycles. The van der Waals surface area contributed by atoms with Gasteiger partial charge in [-0.25, -0.2) is 4.79 Å². The Bertz CT molecular complexity index is 461. The first-order chi connectivity index (χ1) is 10.9. The van der Waals surface area contributed by atoms with Gasteiger partial charge in [0.15, 0.2) is 0 Å². The summed E-state index contributed by atoms with van der Waals surface area (Å²) in [6.07, 6.45) is 6.55. The van der Waals surface area contributed by atoms with Crippen LogP contribution in [0.3, 0.4) is 0 Å². The number of ether oxygens (including phenoxy) is 1. The maximum atomic E-state index is 12.8. The van der Waals surface area contributed by atoms with E-state index in [2.05, 4.69) is 5.32 Å². The lowest BCUT2D eigenvalue weighted by atomic mass is 10.00. The molecular weight excluding hydrogens is 292 g/mol. The van der Waals surface area contributed by atoms with Crippen LogP contribution in [0.25, 0.3) is 0 Å². The largest absolute Gasteiger partial charge is 0.444 e. The Hall–Kier alpha value is -1.26. The first kappa shape index (κ1) is 16.6. The van der Waals surface area contributed by atoms with E-state index in [9.17, 15) is 9.59 Å². The maximum Gasteiger partial charge on any atom is 0.407 e. The van der Waals surface area contributed by atoms with E-state index in [0.29, 0.717) is 24.3 Å². The number of nitrogens with one attached hydrogen (secondary N) is 1. The van der Waals surface area contributed by atoms with Crippen molar-refractivity contribution in [3.05, 3.63) is 0 Å². The molecule has 0 aromatic heterocycles. The summed E-state index contributed by atoms with van der Waals surface area (Å²) in [5.74, 6) is 1.94. The fraction of sp³-hybridized carbons (Fsp3) is 0.889. The van der Waals surface area contributed by atoms with E-state index in [4.69, 9.17) is 4.74 Å². The number of hydrogen-bond acceptors (Lipinski definition) is 3. The zero-order valence-electron chi connectivity index (χ0n) is 14.6. The predicted molar refractivity (Wildman–Crippen MR) is 87.9 cm³/mol. The van der Waals surface area contributed by atoms with Gasteiger partial charge in [0.05, 0.1) is 0 Å². The van der Waals surface area contributed by atoms with Gasteiger partial charge < -0.3 is 15.0 Å². The number of hydrogen-bond donors (Lipinski definition) is 1. The molecule has 130 valence electrons. The van der Waals surface area contributed by atoms with Gasteiger partial charge in [-0.3, -0.25) is 4.79 Å². The standard InChI is InChI=1S/C18H30N2O3/c1-18(2,3)23-17(22)19-11-12-7-4-5-10-20(12)16(21)15-13-8-6-9-14(13)15/h12-15H,4-11H2,1-3H3,(H,19,22)/t12-,13-,14+,15?/m0/s1. The van der Waals surface area contributed by atoms with E-state index in [1.165, 1.54) is 19.3 Å². The third kappa shape index (κ3) is 3.81. The van der Waals surface area contributed by atoms with Crippen molar-refractivity contribution in [3.63, 3.8) is 0 Å². The molecule has 5 nitrogen and oxygen atoms in total. The number of rotatable bonds is 3. The second-order valence-corrected chi connectivity index (χ2v) is 8.35. The van der Waals surface area contributed by atoms with E-state index >= 15 is 0 Å². The Morgan fingerprint density at radius 3 is 2.43 bits per heavy atom. The van der Waals surface area contributed by atoms with Crippen LogP contribution in [-0.2, 0) is 9.53 Å². The van der Waals surface area contributed by atoms with Gasteiger partial charge in [-0.05, 0) is 64.7 Å². The molecule has 0 radical (unpaired) electrons. The lowest BCUT2D eigenvalue weighted by Crippen LogP contribution is -2.50. The number of carbonyl (C=O) groups is 2. The summed E-state index contributed by atoms with van der Waals surface area (Å²) < 4.78 is 5.29. The van der Waals surface area contributed by atoms with Crippen molar-refractivity contribution in [3.8, 4) is 0 Å². The van der Waals surface area contributed by atoms with Gasteiger partial charge in [0.1, 0.15) is 5.60 Å². The molecule has 5 heteroatoms. The van der Waals surface area contributed by atoms with Crippen LogP contribution in [0.4, 0.5) is 4.79 Å². The summed E-state index contributed by atoms with van der Waals surface area (Å²) in [6, 6.07) is 0.130. The van der Waals surface area contributed by atoms with Crippen LogP contribution in [0.5, 0.6) is 0 Å². The first-order valence-electron chi connectivity index (χ1n) is 9.14. The molecule has 3 fully saturated rings. The molecule has 0 bridgehead atoms. The third-order valence-electron chi connectivity index (χ3n) is 5.48. The molecule has 1 aliphatic heterocycles. The molecule has 1 unspecified atom stereocenters. The predicted octanol–water partition coefficient (Wildman–Crippen LogP) is 2.94. The fourth-order valence-corrected chi connectivity index (χ4v) is 4.40. The summed E-state index contributed by atoms with van der Waals surface area (Å²) in [7, 11) is 0. The van der Waals surface area contributed by atoms with Crippen molar-refractivity contribution in [2.75, 3.05) is 13.1 Å². The Morgan fingerprint density at radius 2 is 1.78 bits per heavy atom. The van der Waals surface area contributed by atoms with Gasteiger partial charge in [-0.1, -0.05) is 6.42 Å². The smallest absolute Gasteiger partial charge is 0.407 e. The Kier molecular flexibility index (Phi) is 4.56. The summed E-state index contributed by atoms with van der Waals surface area (Å²) in [4.78, 5) is 26.7. The van der Waals surface area contributed by atoms with E-state index < -0.39 is 11.7 Å². The van der Waals surface area contributed by atoms with Gasteiger partial charge in [-0.2, -0.15) is 0 Å². The number of amides is 2. The maximum absolute atomic E-state index is 12.8. The minimum Gasteiger partial charge on any atom is -0.444 e. The van der Waals surface area contributed by atoms with Crippen molar-refractivity contribution >= 4 is 12.0 Å². The summed E-state index contributed by atoms with van der Waals surface area (Å²) in [5, 5.41) is 2.85. The number of piperidine rings is 1. The van der Waals surface area contributed by atoms with Crippen LogP contribution in [0.15, 0.2) is 0 Å². The van der Waals surface area contributed by atoms with Crippen LogP contribution >= 0.6 is 0 Å². The van der Waals surface area contributed by atoms with Gasteiger partial charge in [0.2, 0.25) is 5.91 Å². The van der Waals surface area contributed by atoms with Crippen molar-refractivity contribution in [2.45, 2.75) is 70.9 Å². The highest BCUT2D eigenvalue weighted by atomic mass is 16.6. The number of carbonyl (C=O) groups excluding carboxylic acids is 2. The number of fused-ring (bicyclic) bond motifs is 1. The number of nitrogens with zero attached hydrogens (tertiary/aromatic N) is 1. The minimum absolute atomic E-state index is 0.130. The monoisotopic (exact) mass is 322 g/mol. The lowest BCUT2D eigenvalue weighted by molar-refractivity contribution is -0.137.